The molecule has 0 spiro atoms. The van der Waals surface area contributed by atoms with Gasteiger partial charge in [0.15, 0.2) is 0 Å². The number of aryl methyl sites for hydroxylation is 2. The molecule has 1 saturated heterocycles. The molecule has 104 valence electrons. The lowest BCUT2D eigenvalue weighted by atomic mass is 9.87. The predicted octanol–water partition coefficient (Wildman–Crippen LogP) is 2.92. The van der Waals surface area contributed by atoms with Crippen molar-refractivity contribution < 1.29 is 0 Å². The largest absolute Gasteiger partial charge is 0.317 e. The number of hydrogen-bond donors (Lipinski definition) is 1. The smallest absolute Gasteiger partial charge is 0.0659 e. The van der Waals surface area contributed by atoms with Crippen LogP contribution in [0.3, 0.4) is 0 Å². The van der Waals surface area contributed by atoms with Crippen molar-refractivity contribution >= 4 is 12.4 Å². The van der Waals surface area contributed by atoms with Crippen LogP contribution in [0.5, 0.6) is 0 Å². The summed E-state index contributed by atoms with van der Waals surface area (Å²) in [7, 11) is 0. The Morgan fingerprint density at radius 2 is 1.83 bits per heavy atom. The molecule has 4 heteroatoms. The number of nitrogens with zero attached hydrogens (tertiary/aromatic N) is 2. The van der Waals surface area contributed by atoms with Crippen molar-refractivity contribution in [3.05, 3.63) is 17.0 Å². The first-order valence-corrected chi connectivity index (χ1v) is 7.10. The Balaban J connectivity index is 0.00000162. The van der Waals surface area contributed by atoms with Gasteiger partial charge < -0.3 is 5.32 Å². The molecule has 18 heavy (non-hydrogen) atoms. The maximum absolute atomic E-state index is 4.79. The topological polar surface area (TPSA) is 29.9 Å². The molecule has 2 rings (SSSR count). The molecule has 1 N–H and O–H groups in total. The van der Waals surface area contributed by atoms with E-state index in [-0.39, 0.29) is 12.4 Å². The molecule has 0 bridgehead atoms. The minimum atomic E-state index is 0. The maximum atomic E-state index is 4.79. The standard InChI is InChI=1S/C14H25N3.ClH/c1-4-12-14(11-7-9-15-10-8-11)13(5-2)17(6-3)16-12;/h11,15H,4-10H2,1-3H3;1H. The van der Waals surface area contributed by atoms with E-state index in [1.807, 2.05) is 0 Å². The van der Waals surface area contributed by atoms with Crippen molar-refractivity contribution in [1.29, 1.82) is 0 Å². The van der Waals surface area contributed by atoms with E-state index in [1.54, 1.807) is 5.56 Å². The molecule has 3 nitrogen and oxygen atoms in total. The third-order valence-electron chi connectivity index (χ3n) is 3.89. The Kier molecular flexibility index (Phi) is 6.16. The first-order chi connectivity index (χ1) is 8.31. The van der Waals surface area contributed by atoms with Crippen molar-refractivity contribution in [3.63, 3.8) is 0 Å². The lowest BCUT2D eigenvalue weighted by molar-refractivity contribution is 0.455. The normalized spacial score (nSPS) is 16.6. The van der Waals surface area contributed by atoms with Crippen LogP contribution in [0.25, 0.3) is 0 Å². The number of halogens is 1. The number of hydrogen-bond acceptors (Lipinski definition) is 2. The molecule has 0 atom stereocenters. The van der Waals surface area contributed by atoms with Crippen molar-refractivity contribution in [2.45, 2.75) is 58.9 Å². The Morgan fingerprint density at radius 3 is 2.33 bits per heavy atom. The van der Waals surface area contributed by atoms with Gasteiger partial charge in [0.05, 0.1) is 5.69 Å². The summed E-state index contributed by atoms with van der Waals surface area (Å²) in [5.74, 6) is 0.737. The summed E-state index contributed by atoms with van der Waals surface area (Å²) in [5.41, 5.74) is 4.41. The summed E-state index contributed by atoms with van der Waals surface area (Å²) in [6, 6.07) is 0. The third kappa shape index (κ3) is 2.89. The second-order valence-corrected chi connectivity index (χ2v) is 4.85. The predicted molar refractivity (Wildman–Crippen MR) is 78.7 cm³/mol. The van der Waals surface area contributed by atoms with Gasteiger partial charge in [0.2, 0.25) is 0 Å². The van der Waals surface area contributed by atoms with Gasteiger partial charge in [-0.25, -0.2) is 0 Å². The fourth-order valence-corrected chi connectivity index (χ4v) is 3.04. The average Bonchev–Trinajstić information content (AvgIpc) is 2.77. The molecular weight excluding hydrogens is 246 g/mol. The van der Waals surface area contributed by atoms with E-state index in [0.717, 1.165) is 38.4 Å². The number of nitrogens with one attached hydrogen (secondary N) is 1. The Morgan fingerprint density at radius 1 is 1.17 bits per heavy atom. The van der Waals surface area contributed by atoms with Crippen LogP contribution in [0.4, 0.5) is 0 Å². The molecule has 1 aliphatic rings. The second kappa shape index (κ2) is 7.15. The summed E-state index contributed by atoms with van der Waals surface area (Å²) in [4.78, 5) is 0. The van der Waals surface area contributed by atoms with Gasteiger partial charge in [-0.05, 0) is 57.2 Å². The highest BCUT2D eigenvalue weighted by molar-refractivity contribution is 5.85. The lowest BCUT2D eigenvalue weighted by Gasteiger charge is -2.24. The molecule has 1 fully saturated rings. The van der Waals surface area contributed by atoms with E-state index in [4.69, 9.17) is 5.10 Å². The molecule has 0 aromatic carbocycles. The van der Waals surface area contributed by atoms with E-state index < -0.39 is 0 Å². The van der Waals surface area contributed by atoms with E-state index in [0.29, 0.717) is 0 Å². The minimum Gasteiger partial charge on any atom is -0.317 e. The zero-order chi connectivity index (χ0) is 12.3. The minimum absolute atomic E-state index is 0. The van der Waals surface area contributed by atoms with Crippen LogP contribution in [-0.2, 0) is 19.4 Å². The maximum Gasteiger partial charge on any atom is 0.0659 e. The van der Waals surface area contributed by atoms with Gasteiger partial charge in [0, 0.05) is 12.2 Å². The van der Waals surface area contributed by atoms with E-state index in [2.05, 4.69) is 30.8 Å². The summed E-state index contributed by atoms with van der Waals surface area (Å²) >= 11 is 0. The van der Waals surface area contributed by atoms with Crippen molar-refractivity contribution in [3.8, 4) is 0 Å². The zero-order valence-corrected chi connectivity index (χ0v) is 12.6. The number of piperidine rings is 1. The molecule has 0 radical (unpaired) electrons. The summed E-state index contributed by atoms with van der Waals surface area (Å²) < 4.78 is 2.22. The van der Waals surface area contributed by atoms with Gasteiger partial charge in [-0.15, -0.1) is 12.4 Å². The fourth-order valence-electron chi connectivity index (χ4n) is 3.04. The Hall–Kier alpha value is -0.540. The van der Waals surface area contributed by atoms with Crippen molar-refractivity contribution in [2.75, 3.05) is 13.1 Å². The van der Waals surface area contributed by atoms with Gasteiger partial charge in [-0.3, -0.25) is 4.68 Å². The SMILES string of the molecule is CCc1nn(CC)c(CC)c1C1CCNCC1.Cl. The highest BCUT2D eigenvalue weighted by atomic mass is 35.5. The van der Waals surface area contributed by atoms with Crippen LogP contribution >= 0.6 is 12.4 Å². The highest BCUT2D eigenvalue weighted by Crippen LogP contribution is 2.31. The van der Waals surface area contributed by atoms with E-state index >= 15 is 0 Å². The molecule has 2 heterocycles. The molecule has 1 aromatic heterocycles. The molecule has 0 amide bonds. The van der Waals surface area contributed by atoms with Gasteiger partial charge in [-0.2, -0.15) is 5.10 Å². The van der Waals surface area contributed by atoms with Crippen LogP contribution in [0.1, 0.15) is 56.5 Å². The second-order valence-electron chi connectivity index (χ2n) is 4.85. The van der Waals surface area contributed by atoms with Crippen LogP contribution in [0.2, 0.25) is 0 Å². The first-order valence-electron chi connectivity index (χ1n) is 7.10. The fraction of sp³-hybridized carbons (Fsp3) is 0.786. The van der Waals surface area contributed by atoms with E-state index in [9.17, 15) is 0 Å². The monoisotopic (exact) mass is 271 g/mol. The van der Waals surface area contributed by atoms with Crippen LogP contribution < -0.4 is 5.32 Å². The average molecular weight is 272 g/mol. The molecule has 1 aromatic rings. The Labute approximate surface area is 117 Å². The van der Waals surface area contributed by atoms with Gasteiger partial charge in [-0.1, -0.05) is 13.8 Å². The first kappa shape index (κ1) is 15.5. The summed E-state index contributed by atoms with van der Waals surface area (Å²) in [6.07, 6.45) is 4.73. The molecular formula is C14H26ClN3. The van der Waals surface area contributed by atoms with Crippen molar-refractivity contribution in [2.24, 2.45) is 0 Å². The van der Waals surface area contributed by atoms with Gasteiger partial charge in [0.25, 0.3) is 0 Å². The zero-order valence-electron chi connectivity index (χ0n) is 11.8. The third-order valence-corrected chi connectivity index (χ3v) is 3.89. The van der Waals surface area contributed by atoms with Crippen molar-refractivity contribution in [1.82, 2.24) is 15.1 Å². The van der Waals surface area contributed by atoms with Gasteiger partial charge in [0.1, 0.15) is 0 Å². The Bertz CT molecular complexity index is 367. The van der Waals surface area contributed by atoms with Crippen LogP contribution in [0.15, 0.2) is 0 Å². The quantitative estimate of drug-likeness (QED) is 0.913. The molecule has 1 aliphatic heterocycles. The molecule has 0 aliphatic carbocycles. The van der Waals surface area contributed by atoms with Crippen LogP contribution in [-0.4, -0.2) is 22.9 Å². The summed E-state index contributed by atoms with van der Waals surface area (Å²) in [6.45, 7) is 10.0. The molecule has 0 saturated carbocycles. The van der Waals surface area contributed by atoms with E-state index in [1.165, 1.54) is 24.2 Å². The van der Waals surface area contributed by atoms with Gasteiger partial charge >= 0.3 is 0 Å². The summed E-state index contributed by atoms with van der Waals surface area (Å²) in [5, 5.41) is 8.24. The highest BCUT2D eigenvalue weighted by Gasteiger charge is 2.24. The van der Waals surface area contributed by atoms with Crippen LogP contribution in [0, 0.1) is 0 Å². The molecule has 0 unspecified atom stereocenters. The number of aromatic nitrogens is 2. The number of rotatable bonds is 4. The lowest BCUT2D eigenvalue weighted by Crippen LogP contribution is -2.27.